The Morgan fingerprint density at radius 3 is 2.33 bits per heavy atom. The Morgan fingerprint density at radius 1 is 1.05 bits per heavy atom. The van der Waals surface area contributed by atoms with Crippen LogP contribution in [0.15, 0.2) is 12.1 Å². The summed E-state index contributed by atoms with van der Waals surface area (Å²) < 4.78 is 0. The molecule has 0 fully saturated rings. The molecule has 1 aliphatic carbocycles. The molecule has 1 unspecified atom stereocenters. The number of hydrogen-bond acceptors (Lipinski definition) is 0. The molecule has 0 aromatic heterocycles. The van der Waals surface area contributed by atoms with Gasteiger partial charge in [0.2, 0.25) is 0 Å². The van der Waals surface area contributed by atoms with E-state index in [-0.39, 0.29) is 0 Å². The molecule has 21 heavy (non-hydrogen) atoms. The van der Waals surface area contributed by atoms with Gasteiger partial charge >= 0.3 is 0 Å². The maximum absolute atomic E-state index is 2.55. The van der Waals surface area contributed by atoms with Crippen molar-refractivity contribution in [1.82, 2.24) is 0 Å². The van der Waals surface area contributed by atoms with E-state index >= 15 is 0 Å². The summed E-state index contributed by atoms with van der Waals surface area (Å²) >= 11 is 0. The first-order chi connectivity index (χ1) is 9.70. The predicted octanol–water partition coefficient (Wildman–Crippen LogP) is 6.32. The minimum absolute atomic E-state index is 0.303. The molecule has 0 heteroatoms. The number of benzene rings is 1. The predicted molar refractivity (Wildman–Crippen MR) is 94.2 cm³/mol. The fourth-order valence-corrected chi connectivity index (χ4v) is 4.08. The van der Waals surface area contributed by atoms with Crippen LogP contribution in [0, 0.1) is 12.8 Å². The summed E-state index contributed by atoms with van der Waals surface area (Å²) in [5, 5.41) is 0. The van der Waals surface area contributed by atoms with Gasteiger partial charge in [-0.15, -0.1) is 0 Å². The molecule has 1 aromatic rings. The number of aryl methyl sites for hydroxylation is 2. The average molecular weight is 287 g/mol. The van der Waals surface area contributed by atoms with E-state index in [0.717, 1.165) is 5.92 Å². The quantitative estimate of drug-likeness (QED) is 0.568. The van der Waals surface area contributed by atoms with Crippen LogP contribution in [0.1, 0.15) is 89.5 Å². The number of fused-ring (bicyclic) bond motifs is 1. The van der Waals surface area contributed by atoms with Crippen molar-refractivity contribution in [3.63, 3.8) is 0 Å². The van der Waals surface area contributed by atoms with E-state index in [0.29, 0.717) is 10.8 Å². The van der Waals surface area contributed by atoms with E-state index in [1.807, 2.05) is 0 Å². The van der Waals surface area contributed by atoms with Crippen molar-refractivity contribution in [1.29, 1.82) is 0 Å². The van der Waals surface area contributed by atoms with Gasteiger partial charge in [-0.05, 0) is 65.2 Å². The lowest BCUT2D eigenvalue weighted by molar-refractivity contribution is 0.233. The fraction of sp³-hybridized carbons (Fsp3) is 0.714. The van der Waals surface area contributed by atoms with E-state index in [2.05, 4.69) is 60.6 Å². The summed E-state index contributed by atoms with van der Waals surface area (Å²) in [6.07, 6.45) is 6.53. The lowest BCUT2D eigenvalue weighted by Crippen LogP contribution is -2.40. The second-order valence-electron chi connectivity index (χ2n) is 8.49. The number of hydrogen-bond donors (Lipinski definition) is 0. The van der Waals surface area contributed by atoms with Crippen molar-refractivity contribution in [3.05, 3.63) is 34.4 Å². The SMILES string of the molecule is CCCCCc1cc2c(cc1C)C(C)(C)C(C)CC2(C)C. The van der Waals surface area contributed by atoms with E-state index < -0.39 is 0 Å². The van der Waals surface area contributed by atoms with Crippen LogP contribution in [0.3, 0.4) is 0 Å². The highest BCUT2D eigenvalue weighted by molar-refractivity contribution is 5.47. The lowest BCUT2D eigenvalue weighted by atomic mass is 9.58. The van der Waals surface area contributed by atoms with Gasteiger partial charge in [-0.25, -0.2) is 0 Å². The molecule has 0 radical (unpaired) electrons. The molecule has 1 atom stereocenters. The third kappa shape index (κ3) is 3.05. The second-order valence-corrected chi connectivity index (χ2v) is 8.49. The van der Waals surface area contributed by atoms with Crippen LogP contribution in [0.4, 0.5) is 0 Å². The van der Waals surface area contributed by atoms with Crippen LogP contribution in [0.2, 0.25) is 0 Å². The monoisotopic (exact) mass is 286 g/mol. The summed E-state index contributed by atoms with van der Waals surface area (Å²) in [6, 6.07) is 5.06. The maximum Gasteiger partial charge on any atom is -0.00746 e. The summed E-state index contributed by atoms with van der Waals surface area (Å²) in [6.45, 7) is 16.8. The van der Waals surface area contributed by atoms with Crippen molar-refractivity contribution in [2.24, 2.45) is 5.92 Å². The zero-order chi connectivity index (χ0) is 15.8. The first kappa shape index (κ1) is 16.6. The summed E-state index contributed by atoms with van der Waals surface area (Å²) in [4.78, 5) is 0. The van der Waals surface area contributed by atoms with E-state index in [4.69, 9.17) is 0 Å². The number of rotatable bonds is 4. The Bertz CT molecular complexity index is 505. The van der Waals surface area contributed by atoms with Crippen LogP contribution in [0.5, 0.6) is 0 Å². The standard InChI is InChI=1S/C21H34/c1-8-9-10-11-17-13-18-19(12-15(17)2)21(6,7)16(3)14-20(18,4)5/h12-13,16H,8-11,14H2,1-7H3. The molecule has 0 saturated heterocycles. The minimum atomic E-state index is 0.303. The Hall–Kier alpha value is -0.780. The molecule has 1 aliphatic rings. The van der Waals surface area contributed by atoms with Gasteiger partial charge in [0, 0.05) is 0 Å². The van der Waals surface area contributed by atoms with Gasteiger partial charge < -0.3 is 0 Å². The Labute approximate surface area is 132 Å². The third-order valence-electron chi connectivity index (χ3n) is 6.00. The van der Waals surface area contributed by atoms with Crippen LogP contribution < -0.4 is 0 Å². The van der Waals surface area contributed by atoms with E-state index in [1.165, 1.54) is 37.7 Å². The molecule has 118 valence electrons. The zero-order valence-electron chi connectivity index (χ0n) is 15.3. The van der Waals surface area contributed by atoms with Gasteiger partial charge in [-0.1, -0.05) is 66.5 Å². The van der Waals surface area contributed by atoms with Crippen molar-refractivity contribution in [2.75, 3.05) is 0 Å². The Balaban J connectivity index is 2.46. The third-order valence-corrected chi connectivity index (χ3v) is 6.00. The van der Waals surface area contributed by atoms with Gasteiger partial charge in [0.1, 0.15) is 0 Å². The first-order valence-corrected chi connectivity index (χ1v) is 8.84. The second kappa shape index (κ2) is 5.78. The van der Waals surface area contributed by atoms with E-state index in [9.17, 15) is 0 Å². The molecule has 0 saturated carbocycles. The molecule has 1 aromatic carbocycles. The molecule has 0 nitrogen and oxygen atoms in total. The summed E-state index contributed by atoms with van der Waals surface area (Å²) in [5.74, 6) is 0.741. The zero-order valence-corrected chi connectivity index (χ0v) is 15.3. The van der Waals surface area contributed by atoms with Crippen LogP contribution in [0.25, 0.3) is 0 Å². The molecular weight excluding hydrogens is 252 g/mol. The van der Waals surface area contributed by atoms with Gasteiger partial charge in [0.15, 0.2) is 0 Å². The van der Waals surface area contributed by atoms with Gasteiger partial charge in [0.25, 0.3) is 0 Å². The van der Waals surface area contributed by atoms with Crippen LogP contribution in [-0.2, 0) is 17.3 Å². The molecule has 0 bridgehead atoms. The highest BCUT2D eigenvalue weighted by Crippen LogP contribution is 2.49. The van der Waals surface area contributed by atoms with Crippen molar-refractivity contribution in [2.45, 2.75) is 91.4 Å². The smallest absolute Gasteiger partial charge is 0.00746 e. The topological polar surface area (TPSA) is 0 Å². The molecule has 0 aliphatic heterocycles. The summed E-state index contributed by atoms with van der Waals surface area (Å²) in [7, 11) is 0. The van der Waals surface area contributed by atoms with Gasteiger partial charge in [-0.2, -0.15) is 0 Å². The van der Waals surface area contributed by atoms with Crippen LogP contribution in [-0.4, -0.2) is 0 Å². The molecule has 0 amide bonds. The van der Waals surface area contributed by atoms with Crippen molar-refractivity contribution in [3.8, 4) is 0 Å². The lowest BCUT2D eigenvalue weighted by Gasteiger charge is -2.47. The van der Waals surface area contributed by atoms with Crippen molar-refractivity contribution >= 4 is 0 Å². The number of unbranched alkanes of at least 4 members (excludes halogenated alkanes) is 2. The van der Waals surface area contributed by atoms with Gasteiger partial charge in [0.05, 0.1) is 0 Å². The molecule has 2 rings (SSSR count). The highest BCUT2D eigenvalue weighted by atomic mass is 14.5. The average Bonchev–Trinajstić information content (AvgIpc) is 2.38. The molecule has 0 N–H and O–H groups in total. The van der Waals surface area contributed by atoms with Crippen LogP contribution >= 0.6 is 0 Å². The summed E-state index contributed by atoms with van der Waals surface area (Å²) in [5.41, 5.74) is 6.92. The Morgan fingerprint density at radius 2 is 1.71 bits per heavy atom. The minimum Gasteiger partial charge on any atom is -0.0654 e. The maximum atomic E-state index is 2.55. The normalized spacial score (nSPS) is 22.9. The van der Waals surface area contributed by atoms with E-state index in [1.54, 1.807) is 16.7 Å². The fourth-order valence-electron chi connectivity index (χ4n) is 4.08. The van der Waals surface area contributed by atoms with Crippen molar-refractivity contribution < 1.29 is 0 Å². The van der Waals surface area contributed by atoms with Gasteiger partial charge in [-0.3, -0.25) is 0 Å². The highest BCUT2D eigenvalue weighted by Gasteiger charge is 2.42. The Kier molecular flexibility index (Phi) is 4.57. The first-order valence-electron chi connectivity index (χ1n) is 8.84. The largest absolute Gasteiger partial charge is 0.0654 e. The molecule has 0 heterocycles. The molecule has 0 spiro atoms. The molecular formula is C21H34.